The second kappa shape index (κ2) is 10.0. The maximum absolute atomic E-state index is 5.53. The minimum absolute atomic E-state index is 0. The largest absolute Gasteiger partial charge is 0.443 e. The van der Waals surface area contributed by atoms with Crippen molar-refractivity contribution in [2.75, 3.05) is 6.54 Å². The van der Waals surface area contributed by atoms with E-state index in [1.807, 2.05) is 38.3 Å². The molecule has 3 heterocycles. The topological polar surface area (TPSA) is 75.3 Å². The number of aromatic nitrogens is 2. The minimum atomic E-state index is 0. The molecule has 3 aromatic heterocycles. The molecule has 0 amide bonds. The highest BCUT2D eigenvalue weighted by Crippen LogP contribution is 2.23. The Morgan fingerprint density at radius 1 is 1.27 bits per heavy atom. The highest BCUT2D eigenvalue weighted by molar-refractivity contribution is 14.0. The van der Waals surface area contributed by atoms with Gasteiger partial charge in [0.15, 0.2) is 5.96 Å². The molecule has 0 radical (unpaired) electrons. The molecule has 26 heavy (non-hydrogen) atoms. The predicted molar refractivity (Wildman–Crippen MR) is 118 cm³/mol. The van der Waals surface area contributed by atoms with E-state index in [2.05, 4.69) is 25.6 Å². The number of nitrogens with zero attached hydrogens (tertiary/aromatic N) is 3. The molecule has 0 aliphatic heterocycles. The summed E-state index contributed by atoms with van der Waals surface area (Å²) >= 11 is 3.32. The third kappa shape index (κ3) is 5.52. The maximum Gasteiger partial charge on any atom is 0.236 e. The van der Waals surface area contributed by atoms with Gasteiger partial charge < -0.3 is 15.1 Å². The van der Waals surface area contributed by atoms with Gasteiger partial charge in [0.2, 0.25) is 5.89 Å². The Kier molecular flexibility index (Phi) is 8.04. The summed E-state index contributed by atoms with van der Waals surface area (Å²) in [6.07, 6.45) is 1.67. The van der Waals surface area contributed by atoms with E-state index in [0.29, 0.717) is 19.0 Å². The van der Waals surface area contributed by atoms with Gasteiger partial charge in [0.1, 0.15) is 12.0 Å². The summed E-state index contributed by atoms with van der Waals surface area (Å²) in [5.41, 5.74) is 1.88. The van der Waals surface area contributed by atoms with E-state index in [0.717, 1.165) is 33.8 Å². The number of thiophene rings is 1. The van der Waals surface area contributed by atoms with Crippen molar-refractivity contribution in [2.45, 2.75) is 33.9 Å². The van der Waals surface area contributed by atoms with Gasteiger partial charge in [0, 0.05) is 11.4 Å². The van der Waals surface area contributed by atoms with Crippen LogP contribution in [0.4, 0.5) is 0 Å². The van der Waals surface area contributed by atoms with Gasteiger partial charge in [-0.15, -0.1) is 46.7 Å². The number of oxazole rings is 1. The summed E-state index contributed by atoms with van der Waals surface area (Å²) in [6, 6.07) is 3.98. The number of halogens is 1. The second-order valence-corrected chi connectivity index (χ2v) is 7.65. The molecule has 3 rings (SSSR count). The fourth-order valence-corrected chi connectivity index (χ4v) is 3.83. The molecule has 140 valence electrons. The van der Waals surface area contributed by atoms with Gasteiger partial charge in [-0.05, 0) is 32.2 Å². The lowest BCUT2D eigenvalue weighted by Crippen LogP contribution is -2.36. The van der Waals surface area contributed by atoms with Crippen LogP contribution < -0.4 is 10.6 Å². The average Bonchev–Trinajstić information content (AvgIpc) is 3.31. The molecule has 0 bridgehead atoms. The standard InChI is InChI=1S/C17H21N5OS2.HI/c1-4-18-17(20-9-15-11(2)21-12(3)25-15)19-8-13-10-23-16(22-13)14-6-5-7-24-14;/h5-7,10H,4,8-9H2,1-3H3,(H2,18,19,20);1H. The number of thiazole rings is 1. The quantitative estimate of drug-likeness (QED) is 0.297. The summed E-state index contributed by atoms with van der Waals surface area (Å²) in [4.78, 5) is 15.8. The molecule has 0 saturated carbocycles. The minimum Gasteiger partial charge on any atom is -0.443 e. The van der Waals surface area contributed by atoms with Crippen molar-refractivity contribution in [3.8, 4) is 10.8 Å². The van der Waals surface area contributed by atoms with Crippen LogP contribution in [0.2, 0.25) is 0 Å². The zero-order valence-corrected chi connectivity index (χ0v) is 18.9. The SMILES string of the molecule is CCNC(=NCc1coc(-c2cccs2)n1)NCc1sc(C)nc1C.I. The lowest BCUT2D eigenvalue weighted by atomic mass is 10.4. The van der Waals surface area contributed by atoms with Gasteiger partial charge in [-0.2, -0.15) is 0 Å². The number of guanidine groups is 1. The molecule has 6 nitrogen and oxygen atoms in total. The van der Waals surface area contributed by atoms with E-state index in [9.17, 15) is 0 Å². The van der Waals surface area contributed by atoms with Crippen molar-refractivity contribution in [3.63, 3.8) is 0 Å². The van der Waals surface area contributed by atoms with Crippen LogP contribution in [0.15, 0.2) is 33.2 Å². The lowest BCUT2D eigenvalue weighted by Gasteiger charge is -2.10. The molecule has 0 spiro atoms. The van der Waals surface area contributed by atoms with E-state index in [1.54, 1.807) is 28.9 Å². The van der Waals surface area contributed by atoms with Crippen LogP contribution in [-0.4, -0.2) is 22.5 Å². The van der Waals surface area contributed by atoms with Gasteiger partial charge >= 0.3 is 0 Å². The molecule has 0 atom stereocenters. The first kappa shape index (κ1) is 20.8. The number of nitrogens with one attached hydrogen (secondary N) is 2. The van der Waals surface area contributed by atoms with E-state index in [1.165, 1.54) is 4.88 Å². The fourth-order valence-electron chi connectivity index (χ4n) is 2.30. The first-order chi connectivity index (χ1) is 12.2. The Labute approximate surface area is 178 Å². The first-order valence-electron chi connectivity index (χ1n) is 8.09. The monoisotopic (exact) mass is 503 g/mol. The molecule has 9 heteroatoms. The zero-order chi connectivity index (χ0) is 17.6. The summed E-state index contributed by atoms with van der Waals surface area (Å²) in [5.74, 6) is 1.41. The van der Waals surface area contributed by atoms with Crippen molar-refractivity contribution in [2.24, 2.45) is 4.99 Å². The van der Waals surface area contributed by atoms with Crippen LogP contribution in [0.5, 0.6) is 0 Å². The lowest BCUT2D eigenvalue weighted by molar-refractivity contribution is 0.574. The summed E-state index contributed by atoms with van der Waals surface area (Å²) in [5, 5.41) is 9.69. The number of rotatable bonds is 6. The van der Waals surface area contributed by atoms with Crippen LogP contribution in [0, 0.1) is 13.8 Å². The van der Waals surface area contributed by atoms with Gasteiger partial charge in [-0.25, -0.2) is 15.0 Å². The fraction of sp³-hybridized carbons (Fsp3) is 0.353. The van der Waals surface area contributed by atoms with Crippen molar-refractivity contribution in [3.05, 3.63) is 45.0 Å². The van der Waals surface area contributed by atoms with Crippen molar-refractivity contribution in [1.82, 2.24) is 20.6 Å². The second-order valence-electron chi connectivity index (χ2n) is 5.41. The molecule has 0 aliphatic carbocycles. The summed E-state index contributed by atoms with van der Waals surface area (Å²) in [7, 11) is 0. The van der Waals surface area contributed by atoms with E-state index >= 15 is 0 Å². The first-order valence-corrected chi connectivity index (χ1v) is 9.78. The Balaban J connectivity index is 0.00000243. The summed E-state index contributed by atoms with van der Waals surface area (Å²) in [6.45, 7) is 8.08. The third-order valence-corrected chi connectivity index (χ3v) is 5.37. The molecule has 3 aromatic rings. The Hall–Kier alpha value is -1.46. The van der Waals surface area contributed by atoms with Crippen LogP contribution in [0.3, 0.4) is 0 Å². The molecule has 2 N–H and O–H groups in total. The molecule has 0 fully saturated rings. The van der Waals surface area contributed by atoms with Gasteiger partial charge in [-0.3, -0.25) is 0 Å². The van der Waals surface area contributed by atoms with E-state index < -0.39 is 0 Å². The average molecular weight is 503 g/mol. The molecule has 0 aromatic carbocycles. The van der Waals surface area contributed by atoms with E-state index in [4.69, 9.17) is 4.42 Å². The Morgan fingerprint density at radius 3 is 2.77 bits per heavy atom. The predicted octanol–water partition coefficient (Wildman–Crippen LogP) is 4.35. The highest BCUT2D eigenvalue weighted by Gasteiger charge is 2.08. The molecule has 0 unspecified atom stereocenters. The van der Waals surface area contributed by atoms with Crippen molar-refractivity contribution in [1.29, 1.82) is 0 Å². The smallest absolute Gasteiger partial charge is 0.236 e. The number of hydrogen-bond acceptors (Lipinski definition) is 6. The van der Waals surface area contributed by atoms with Gasteiger partial charge in [-0.1, -0.05) is 6.07 Å². The number of aliphatic imine (C=N–C) groups is 1. The maximum atomic E-state index is 5.53. The third-order valence-electron chi connectivity index (χ3n) is 3.44. The molecule has 0 aliphatic rings. The molecule has 0 saturated heterocycles. The van der Waals surface area contributed by atoms with Crippen LogP contribution in [-0.2, 0) is 13.1 Å². The molecular formula is C17H22IN5OS2. The van der Waals surface area contributed by atoms with Crippen LogP contribution in [0.25, 0.3) is 10.8 Å². The summed E-state index contributed by atoms with van der Waals surface area (Å²) < 4.78 is 5.53. The Bertz CT molecular complexity index is 841. The van der Waals surface area contributed by atoms with Gasteiger partial charge in [0.25, 0.3) is 0 Å². The molecular weight excluding hydrogens is 481 g/mol. The Morgan fingerprint density at radius 2 is 2.12 bits per heavy atom. The normalized spacial score (nSPS) is 11.3. The van der Waals surface area contributed by atoms with E-state index in [-0.39, 0.29) is 24.0 Å². The van der Waals surface area contributed by atoms with Crippen LogP contribution in [0.1, 0.15) is 28.2 Å². The van der Waals surface area contributed by atoms with Crippen molar-refractivity contribution >= 4 is 52.6 Å². The highest BCUT2D eigenvalue weighted by atomic mass is 127. The number of aryl methyl sites for hydroxylation is 2. The van der Waals surface area contributed by atoms with Crippen molar-refractivity contribution < 1.29 is 4.42 Å². The number of hydrogen-bond donors (Lipinski definition) is 2. The van der Waals surface area contributed by atoms with Crippen LogP contribution >= 0.6 is 46.7 Å². The zero-order valence-electron chi connectivity index (χ0n) is 14.9. The van der Waals surface area contributed by atoms with Gasteiger partial charge in [0.05, 0.1) is 28.7 Å².